The quantitative estimate of drug-likeness (QED) is 0.763. The van der Waals surface area contributed by atoms with Crippen molar-refractivity contribution in [3.05, 3.63) is 35.9 Å². The number of hydrogen-bond donors (Lipinski definition) is 1. The van der Waals surface area contributed by atoms with E-state index in [2.05, 4.69) is 24.4 Å². The van der Waals surface area contributed by atoms with E-state index in [-0.39, 0.29) is 16.9 Å². The van der Waals surface area contributed by atoms with Crippen LogP contribution in [0.25, 0.3) is 0 Å². The van der Waals surface area contributed by atoms with Gasteiger partial charge in [0, 0.05) is 23.8 Å². The van der Waals surface area contributed by atoms with Gasteiger partial charge in [-0.1, -0.05) is 44.2 Å². The summed E-state index contributed by atoms with van der Waals surface area (Å²) in [4.78, 5) is 0. The fraction of sp³-hybridized carbons (Fsp3) is 0.647. The van der Waals surface area contributed by atoms with Gasteiger partial charge in [-0.05, 0) is 31.2 Å². The number of hydrogen-bond acceptors (Lipinski definition) is 3. The summed E-state index contributed by atoms with van der Waals surface area (Å²) in [6, 6.07) is 11.0. The van der Waals surface area contributed by atoms with Crippen LogP contribution in [0.1, 0.15) is 45.1 Å². The molecule has 0 spiro atoms. The predicted molar refractivity (Wildman–Crippen MR) is 88.4 cm³/mol. The van der Waals surface area contributed by atoms with Crippen molar-refractivity contribution in [2.45, 2.75) is 51.0 Å². The minimum Gasteiger partial charge on any atom is -0.313 e. The van der Waals surface area contributed by atoms with Crippen LogP contribution < -0.4 is 5.32 Å². The van der Waals surface area contributed by atoms with Gasteiger partial charge < -0.3 is 5.32 Å². The average molecular weight is 309 g/mol. The van der Waals surface area contributed by atoms with Crippen molar-refractivity contribution in [1.29, 1.82) is 0 Å². The maximum absolute atomic E-state index is 11.9. The lowest BCUT2D eigenvalue weighted by Gasteiger charge is -2.34. The van der Waals surface area contributed by atoms with Crippen molar-refractivity contribution < 1.29 is 8.42 Å². The van der Waals surface area contributed by atoms with Gasteiger partial charge in [0.25, 0.3) is 0 Å². The van der Waals surface area contributed by atoms with Gasteiger partial charge >= 0.3 is 0 Å². The molecule has 1 N–H and O–H groups in total. The van der Waals surface area contributed by atoms with Crippen molar-refractivity contribution in [3.63, 3.8) is 0 Å². The maximum atomic E-state index is 11.9. The van der Waals surface area contributed by atoms with E-state index in [1.807, 2.05) is 18.2 Å². The summed E-state index contributed by atoms with van der Waals surface area (Å²) < 4.78 is 23.8. The monoisotopic (exact) mass is 309 g/mol. The predicted octanol–water partition coefficient (Wildman–Crippen LogP) is 2.91. The lowest BCUT2D eigenvalue weighted by molar-refractivity contribution is 0.367. The Balaban J connectivity index is 2.18. The van der Waals surface area contributed by atoms with Crippen molar-refractivity contribution in [1.82, 2.24) is 5.32 Å². The molecule has 1 aromatic rings. The van der Waals surface area contributed by atoms with Crippen LogP contribution in [0.15, 0.2) is 30.3 Å². The van der Waals surface area contributed by atoms with Gasteiger partial charge in [-0.3, -0.25) is 0 Å². The molecule has 118 valence electrons. The van der Waals surface area contributed by atoms with Gasteiger partial charge in [0.2, 0.25) is 0 Å². The van der Waals surface area contributed by atoms with Crippen LogP contribution in [-0.2, 0) is 15.3 Å². The third-order valence-electron chi connectivity index (χ3n) is 4.70. The maximum Gasteiger partial charge on any atom is 0.150 e. The Morgan fingerprint density at radius 1 is 1.19 bits per heavy atom. The van der Waals surface area contributed by atoms with Crippen LogP contribution in [0.4, 0.5) is 0 Å². The molecule has 0 amide bonds. The third-order valence-corrected chi connectivity index (χ3v) is 6.41. The van der Waals surface area contributed by atoms with E-state index in [9.17, 15) is 8.42 Å². The van der Waals surface area contributed by atoms with E-state index in [4.69, 9.17) is 0 Å². The van der Waals surface area contributed by atoms with Gasteiger partial charge in [-0.2, -0.15) is 0 Å². The summed E-state index contributed by atoms with van der Waals surface area (Å²) in [5.41, 5.74) is 1.18. The lowest BCUT2D eigenvalue weighted by Crippen LogP contribution is -2.40. The molecule has 1 unspecified atom stereocenters. The minimum atomic E-state index is -2.92. The molecule has 0 radical (unpaired) electrons. The molecule has 1 atom stereocenters. The standard InChI is InChI=1S/C17H27NO2S/c1-3-17(14-18-16-10-11-16,12-13-21(19,20)4-2)15-8-6-5-7-9-15/h5-9,16,18H,3-4,10-14H2,1-2H3. The Kier molecular flexibility index (Phi) is 5.44. The normalized spacial score (nSPS) is 18.4. The van der Waals surface area contributed by atoms with Crippen LogP contribution in [0, 0.1) is 0 Å². The van der Waals surface area contributed by atoms with Gasteiger partial charge in [0.1, 0.15) is 9.84 Å². The van der Waals surface area contributed by atoms with Crippen LogP contribution in [-0.4, -0.2) is 32.5 Å². The zero-order chi connectivity index (χ0) is 15.3. The fourth-order valence-corrected chi connectivity index (χ4v) is 3.75. The van der Waals surface area contributed by atoms with Gasteiger partial charge in [-0.25, -0.2) is 8.42 Å². The Bertz CT molecular complexity index is 537. The molecule has 1 aromatic carbocycles. The largest absolute Gasteiger partial charge is 0.313 e. The molecule has 0 saturated heterocycles. The molecule has 0 bridgehead atoms. The second-order valence-electron chi connectivity index (χ2n) is 6.14. The van der Waals surface area contributed by atoms with Crippen molar-refractivity contribution >= 4 is 9.84 Å². The molecule has 1 aliphatic rings. The summed E-state index contributed by atoms with van der Waals surface area (Å²) in [6.07, 6.45) is 4.16. The molecule has 1 aliphatic carbocycles. The second-order valence-corrected chi connectivity index (χ2v) is 8.61. The van der Waals surface area contributed by atoms with Crippen molar-refractivity contribution in [2.24, 2.45) is 0 Å². The lowest BCUT2D eigenvalue weighted by atomic mass is 9.75. The molecular weight excluding hydrogens is 282 g/mol. The molecule has 0 heterocycles. The smallest absolute Gasteiger partial charge is 0.150 e. The molecule has 2 rings (SSSR count). The summed E-state index contributed by atoms with van der Waals surface area (Å²) in [6.45, 7) is 4.77. The van der Waals surface area contributed by atoms with Crippen molar-refractivity contribution in [3.8, 4) is 0 Å². The molecular formula is C17H27NO2S. The average Bonchev–Trinajstić information content (AvgIpc) is 3.33. The first-order chi connectivity index (χ1) is 10.0. The summed E-state index contributed by atoms with van der Waals surface area (Å²) in [7, 11) is -2.92. The summed E-state index contributed by atoms with van der Waals surface area (Å²) in [5, 5.41) is 3.61. The second kappa shape index (κ2) is 6.93. The van der Waals surface area contributed by atoms with E-state index < -0.39 is 9.84 Å². The zero-order valence-electron chi connectivity index (χ0n) is 13.1. The van der Waals surface area contributed by atoms with Crippen LogP contribution in [0.3, 0.4) is 0 Å². The molecule has 0 aliphatic heterocycles. The number of nitrogens with one attached hydrogen (secondary N) is 1. The Hall–Kier alpha value is -0.870. The molecule has 21 heavy (non-hydrogen) atoms. The van der Waals surface area contributed by atoms with Gasteiger partial charge in [0.15, 0.2) is 0 Å². The van der Waals surface area contributed by atoms with Gasteiger partial charge in [-0.15, -0.1) is 0 Å². The Morgan fingerprint density at radius 2 is 1.86 bits per heavy atom. The van der Waals surface area contributed by atoms with E-state index in [1.165, 1.54) is 18.4 Å². The first kappa shape index (κ1) is 16.5. The van der Waals surface area contributed by atoms with E-state index in [0.29, 0.717) is 12.5 Å². The van der Waals surface area contributed by atoms with E-state index in [1.54, 1.807) is 6.92 Å². The number of rotatable bonds is 9. The van der Waals surface area contributed by atoms with E-state index >= 15 is 0 Å². The topological polar surface area (TPSA) is 46.2 Å². The fourth-order valence-electron chi connectivity index (χ4n) is 2.75. The third kappa shape index (κ3) is 4.55. The SMILES string of the molecule is CCC(CCS(=O)(=O)CC)(CNC1CC1)c1ccccc1. The summed E-state index contributed by atoms with van der Waals surface area (Å²) in [5.74, 6) is 0.510. The minimum absolute atomic E-state index is 0.0773. The van der Waals surface area contributed by atoms with Crippen LogP contribution >= 0.6 is 0 Å². The van der Waals surface area contributed by atoms with Crippen LogP contribution in [0.5, 0.6) is 0 Å². The van der Waals surface area contributed by atoms with Crippen molar-refractivity contribution in [2.75, 3.05) is 18.1 Å². The highest BCUT2D eigenvalue weighted by atomic mass is 32.2. The Labute approximate surface area is 129 Å². The number of sulfone groups is 1. The highest BCUT2D eigenvalue weighted by Crippen LogP contribution is 2.33. The molecule has 3 nitrogen and oxygen atoms in total. The first-order valence-corrected chi connectivity index (χ1v) is 9.83. The van der Waals surface area contributed by atoms with Gasteiger partial charge in [0.05, 0.1) is 5.75 Å². The highest BCUT2D eigenvalue weighted by molar-refractivity contribution is 7.91. The first-order valence-electron chi connectivity index (χ1n) is 8.00. The molecule has 4 heteroatoms. The number of benzene rings is 1. The molecule has 1 saturated carbocycles. The van der Waals surface area contributed by atoms with Crippen LogP contribution in [0.2, 0.25) is 0 Å². The Morgan fingerprint density at radius 3 is 2.38 bits per heavy atom. The summed E-state index contributed by atoms with van der Waals surface area (Å²) >= 11 is 0. The highest BCUT2D eigenvalue weighted by Gasteiger charge is 2.33. The van der Waals surface area contributed by atoms with E-state index in [0.717, 1.165) is 13.0 Å². The molecule has 1 fully saturated rings. The zero-order valence-corrected chi connectivity index (χ0v) is 14.0. The molecule has 0 aromatic heterocycles.